The van der Waals surface area contributed by atoms with Crippen molar-refractivity contribution in [1.29, 1.82) is 0 Å². The number of hydrogen-bond donors (Lipinski definition) is 8. The first-order valence-corrected chi connectivity index (χ1v) is 34.2. The van der Waals surface area contributed by atoms with Crippen molar-refractivity contribution < 1.29 is 50.0 Å². The number of allylic oxidation sites excluding steroid dienone is 4. The van der Waals surface area contributed by atoms with Crippen LogP contribution in [0.4, 0.5) is 0 Å². The zero-order valence-electron chi connectivity index (χ0n) is 51.6. The molecule has 1 heterocycles. The maximum Gasteiger partial charge on any atom is 0.249 e. The largest absolute Gasteiger partial charge is 0.394 e. The van der Waals surface area contributed by atoms with Crippen molar-refractivity contribution in [3.63, 3.8) is 0 Å². The van der Waals surface area contributed by atoms with Gasteiger partial charge in [-0.1, -0.05) is 321 Å². The number of carbonyl (C=O) groups is 1. The Labute approximate surface area is 486 Å². The quantitative estimate of drug-likeness (QED) is 0.0215. The summed E-state index contributed by atoms with van der Waals surface area (Å²) in [5.41, 5.74) is 0. The molecule has 1 saturated heterocycles. The summed E-state index contributed by atoms with van der Waals surface area (Å²) >= 11 is 0. The van der Waals surface area contributed by atoms with E-state index in [0.717, 1.165) is 51.4 Å². The second-order valence-corrected chi connectivity index (χ2v) is 24.2. The van der Waals surface area contributed by atoms with Gasteiger partial charge in [-0.25, -0.2) is 0 Å². The van der Waals surface area contributed by atoms with Gasteiger partial charge in [-0.3, -0.25) is 4.79 Å². The summed E-state index contributed by atoms with van der Waals surface area (Å²) in [4.78, 5) is 13.2. The van der Waals surface area contributed by atoms with E-state index in [9.17, 15) is 40.5 Å². The highest BCUT2D eigenvalue weighted by Crippen LogP contribution is 2.24. The van der Waals surface area contributed by atoms with Crippen LogP contribution in [0, 0.1) is 0 Å². The third kappa shape index (κ3) is 44.7. The third-order valence-electron chi connectivity index (χ3n) is 16.8. The molecule has 468 valence electrons. The van der Waals surface area contributed by atoms with Gasteiger partial charge in [0, 0.05) is 0 Å². The van der Waals surface area contributed by atoms with Crippen molar-refractivity contribution in [3.05, 3.63) is 24.3 Å². The number of unbranched alkanes of at least 4 members (excludes halogenated alkanes) is 44. The Hall–Kier alpha value is -1.41. The van der Waals surface area contributed by atoms with Gasteiger partial charge in [0.2, 0.25) is 5.91 Å². The number of carbonyl (C=O) groups excluding carboxylic acids is 1. The predicted molar refractivity (Wildman–Crippen MR) is 330 cm³/mol. The van der Waals surface area contributed by atoms with Crippen molar-refractivity contribution in [2.24, 2.45) is 0 Å². The van der Waals surface area contributed by atoms with Gasteiger partial charge in [0.1, 0.15) is 36.6 Å². The van der Waals surface area contributed by atoms with Crippen LogP contribution in [0.25, 0.3) is 0 Å². The lowest BCUT2D eigenvalue weighted by Crippen LogP contribution is -2.60. The smallest absolute Gasteiger partial charge is 0.249 e. The molecule has 1 amide bonds. The van der Waals surface area contributed by atoms with Crippen LogP contribution < -0.4 is 5.32 Å². The molecule has 9 atom stereocenters. The molecule has 0 saturated carbocycles. The predicted octanol–water partition coefficient (Wildman–Crippen LogP) is 16.0. The lowest BCUT2D eigenvalue weighted by molar-refractivity contribution is -0.303. The molecule has 0 aromatic heterocycles. The van der Waals surface area contributed by atoms with Crippen LogP contribution in [0.1, 0.15) is 335 Å². The van der Waals surface area contributed by atoms with Crippen LogP contribution in [0.15, 0.2) is 24.3 Å². The van der Waals surface area contributed by atoms with E-state index in [1.807, 2.05) is 0 Å². The first-order valence-electron chi connectivity index (χ1n) is 34.2. The fourth-order valence-electron chi connectivity index (χ4n) is 11.3. The summed E-state index contributed by atoms with van der Waals surface area (Å²) < 4.78 is 11.2. The highest BCUT2D eigenvalue weighted by molar-refractivity contribution is 5.80. The Morgan fingerprint density at radius 3 is 1.19 bits per heavy atom. The van der Waals surface area contributed by atoms with E-state index in [1.54, 1.807) is 0 Å². The second-order valence-electron chi connectivity index (χ2n) is 24.2. The number of hydrogen-bond acceptors (Lipinski definition) is 10. The van der Waals surface area contributed by atoms with Crippen molar-refractivity contribution in [2.75, 3.05) is 13.2 Å². The maximum absolute atomic E-state index is 13.2. The van der Waals surface area contributed by atoms with Crippen LogP contribution in [0.2, 0.25) is 0 Å². The number of rotatable bonds is 60. The van der Waals surface area contributed by atoms with E-state index in [0.29, 0.717) is 19.3 Å². The number of nitrogens with one attached hydrogen (secondary N) is 1. The molecule has 1 fully saturated rings. The van der Waals surface area contributed by atoms with E-state index >= 15 is 0 Å². The topological polar surface area (TPSA) is 189 Å². The molecule has 0 radical (unpaired) electrons. The minimum absolute atomic E-state index is 0.261. The molecule has 0 aromatic carbocycles. The van der Waals surface area contributed by atoms with Gasteiger partial charge in [-0.15, -0.1) is 0 Å². The summed E-state index contributed by atoms with van der Waals surface area (Å²) in [7, 11) is 0. The third-order valence-corrected chi connectivity index (χ3v) is 16.8. The number of aliphatic hydroxyl groups excluding tert-OH is 7. The molecule has 0 spiro atoms. The molecule has 11 nitrogen and oxygen atoms in total. The van der Waals surface area contributed by atoms with Crippen molar-refractivity contribution in [1.82, 2.24) is 5.32 Å². The monoisotopic (exact) mass is 1120 g/mol. The molecule has 1 rings (SSSR count). The molecule has 79 heavy (non-hydrogen) atoms. The van der Waals surface area contributed by atoms with Gasteiger partial charge in [0.05, 0.1) is 25.4 Å². The van der Waals surface area contributed by atoms with Crippen LogP contribution in [-0.4, -0.2) is 110 Å². The first kappa shape index (κ1) is 75.6. The molecule has 1 aliphatic rings. The van der Waals surface area contributed by atoms with Crippen LogP contribution in [-0.2, 0) is 14.3 Å². The molecular weight excluding hydrogens is 991 g/mol. The lowest BCUT2D eigenvalue weighted by atomic mass is 9.98. The zero-order chi connectivity index (χ0) is 57.5. The summed E-state index contributed by atoms with van der Waals surface area (Å²) in [5, 5.41) is 76.5. The molecule has 8 N–H and O–H groups in total. The van der Waals surface area contributed by atoms with Crippen LogP contribution >= 0.6 is 0 Å². The minimum atomic E-state index is -1.66. The number of amides is 1. The van der Waals surface area contributed by atoms with Crippen LogP contribution in [0.3, 0.4) is 0 Å². The summed E-state index contributed by atoms with van der Waals surface area (Å²) in [5.74, 6) is -0.692. The van der Waals surface area contributed by atoms with Gasteiger partial charge in [0.25, 0.3) is 0 Å². The van der Waals surface area contributed by atoms with Gasteiger partial charge in [0.15, 0.2) is 6.29 Å². The van der Waals surface area contributed by atoms with E-state index in [2.05, 4.69) is 43.5 Å². The summed E-state index contributed by atoms with van der Waals surface area (Å²) in [6.07, 6.45) is 59.7. The Morgan fingerprint density at radius 1 is 0.456 bits per heavy atom. The maximum atomic E-state index is 13.2. The van der Waals surface area contributed by atoms with Crippen molar-refractivity contribution in [2.45, 2.75) is 390 Å². The Kier molecular flexibility index (Phi) is 54.6. The Balaban J connectivity index is 2.18. The molecular formula is C68H131NO10. The fraction of sp³-hybridized carbons (Fsp3) is 0.926. The van der Waals surface area contributed by atoms with E-state index in [1.165, 1.54) is 244 Å². The average Bonchev–Trinajstić information content (AvgIpc) is 3.46. The first-order chi connectivity index (χ1) is 38.7. The fourth-order valence-corrected chi connectivity index (χ4v) is 11.3. The molecule has 1 aliphatic heterocycles. The highest BCUT2D eigenvalue weighted by atomic mass is 16.7. The number of aliphatic hydroxyl groups is 7. The van der Waals surface area contributed by atoms with Crippen molar-refractivity contribution >= 4 is 5.91 Å². The average molecular weight is 1120 g/mol. The summed E-state index contributed by atoms with van der Waals surface area (Å²) in [6.45, 7) is 3.41. The van der Waals surface area contributed by atoms with Crippen molar-refractivity contribution in [3.8, 4) is 0 Å². The lowest BCUT2D eigenvalue weighted by Gasteiger charge is -2.40. The Morgan fingerprint density at radius 2 is 0.810 bits per heavy atom. The molecule has 0 bridgehead atoms. The molecule has 11 heteroatoms. The van der Waals surface area contributed by atoms with Gasteiger partial charge < -0.3 is 50.5 Å². The second kappa shape index (κ2) is 57.0. The highest BCUT2D eigenvalue weighted by Gasteiger charge is 2.44. The molecule has 9 unspecified atom stereocenters. The normalized spacial score (nSPS) is 19.4. The van der Waals surface area contributed by atoms with E-state index in [-0.39, 0.29) is 6.42 Å². The van der Waals surface area contributed by atoms with Crippen LogP contribution in [0.5, 0.6) is 0 Å². The summed E-state index contributed by atoms with van der Waals surface area (Å²) in [6, 6.07) is -1.17. The van der Waals surface area contributed by atoms with Gasteiger partial charge >= 0.3 is 0 Å². The van der Waals surface area contributed by atoms with E-state index in [4.69, 9.17) is 9.47 Å². The molecule has 0 aliphatic carbocycles. The standard InChI is InChI=1S/C68H131NO10/c1-3-5-7-9-11-13-15-17-19-21-23-25-26-27-28-29-30-31-32-33-34-35-36-38-39-41-43-45-47-49-51-53-55-60(71)63(73)59(58-78-68-66(76)65(75)64(74)62(57-70)79-68)69-67(77)61(72)56-54-52-50-48-46-44-42-40-37-24-22-20-18-16-14-12-10-8-6-4-2/h6,8,12,14,59-66,68,70-76H,3-5,7,9-11,13,15-58H2,1-2H3,(H,69,77)/b8-6-,14-12-. The SMILES string of the molecule is CC/C=C\C/C=C\CCCCCCCCCCCCCCCC(O)C(=O)NC(COC1OC(CO)C(O)C(O)C1O)C(O)C(O)CCCCCCCCCCCCCCCCCCCCCCCCCCCCCCCCCC. The van der Waals surface area contributed by atoms with E-state index < -0.39 is 74.2 Å². The van der Waals surface area contributed by atoms with Gasteiger partial charge in [-0.2, -0.15) is 0 Å². The minimum Gasteiger partial charge on any atom is -0.394 e. The van der Waals surface area contributed by atoms with Gasteiger partial charge in [-0.05, 0) is 38.5 Å². The zero-order valence-corrected chi connectivity index (χ0v) is 51.6. The number of ether oxygens (including phenoxy) is 2. The Bertz CT molecular complexity index is 1330. The molecule has 0 aromatic rings.